The second kappa shape index (κ2) is 2.13. The van der Waals surface area contributed by atoms with Crippen LogP contribution in [0.25, 0.3) is 0 Å². The topological polar surface area (TPSA) is 34.1 Å². The molecule has 0 aliphatic carbocycles. The van der Waals surface area contributed by atoms with Gasteiger partial charge >= 0.3 is 0 Å². The molecule has 0 radical (unpaired) electrons. The van der Waals surface area contributed by atoms with E-state index in [4.69, 9.17) is 0 Å². The van der Waals surface area contributed by atoms with Gasteiger partial charge in [-0.15, -0.1) is 0 Å². The first-order valence-corrected chi connectivity index (χ1v) is 1.57. The molecule has 32 valence electrons. The Hall–Kier alpha value is -0.297. The van der Waals surface area contributed by atoms with E-state index < -0.39 is 0 Å². The summed E-state index contributed by atoms with van der Waals surface area (Å²) in [5, 5.41) is 0. The summed E-state index contributed by atoms with van der Waals surface area (Å²) >= 11 is 0. The monoisotopic (exact) mass is 146 g/mol. The molecule has 0 atom stereocenters. The Labute approximate surface area is 52.6 Å². The minimum Gasteiger partial charge on any atom is -0.286 e. The maximum absolute atomic E-state index is 9.79. The molecule has 3 heteroatoms. The average molecular weight is 147 g/mol. The molecular weight excluding hydrogens is 145 g/mol. The van der Waals surface area contributed by atoms with Gasteiger partial charge in [-0.1, -0.05) is 0 Å². The maximum Gasteiger partial charge on any atom is 0.225 e. The van der Waals surface area contributed by atoms with Crippen LogP contribution in [0.15, 0.2) is 21.7 Å². The van der Waals surface area contributed by atoms with Gasteiger partial charge in [0.2, 0.25) is 10.9 Å². The van der Waals surface area contributed by atoms with Crippen LogP contribution in [0.3, 0.4) is 0 Å². The van der Waals surface area contributed by atoms with Gasteiger partial charge in [0.1, 0.15) is 0 Å². The smallest absolute Gasteiger partial charge is 0.225 e. The first kappa shape index (κ1) is 6.70. The Morgan fingerprint density at radius 3 is 1.29 bits per heavy atom. The van der Waals surface area contributed by atoms with E-state index >= 15 is 0 Å². The van der Waals surface area contributed by atoms with Gasteiger partial charge in [-0.3, -0.25) is 9.59 Å². The van der Waals surface area contributed by atoms with Crippen molar-refractivity contribution in [2.45, 2.75) is 0 Å². The molecule has 1 rings (SSSR count). The third kappa shape index (κ3) is 1.03. The first-order chi connectivity index (χ1) is 2.80. The fourth-order valence-electron chi connectivity index (χ4n) is 0.219. The van der Waals surface area contributed by atoms with Crippen LogP contribution in [0.5, 0.6) is 0 Å². The van der Waals surface area contributed by atoms with E-state index in [-0.39, 0.29) is 30.3 Å². The van der Waals surface area contributed by atoms with E-state index in [2.05, 4.69) is 0 Å². The molecule has 0 aromatic heterocycles. The van der Waals surface area contributed by atoms with Gasteiger partial charge in [0, 0.05) is 19.5 Å². The number of hydrogen-bond donors (Lipinski definition) is 0. The van der Waals surface area contributed by atoms with E-state index in [1.165, 1.54) is 12.1 Å². The van der Waals surface area contributed by atoms with Gasteiger partial charge in [-0.05, 0) is 12.1 Å². The molecule has 0 fully saturated rings. The molecule has 2 nitrogen and oxygen atoms in total. The Kier molecular flexibility index (Phi) is 2.04. The first-order valence-electron chi connectivity index (χ1n) is 1.57. The van der Waals surface area contributed by atoms with Crippen LogP contribution in [0.4, 0.5) is 0 Å². The van der Waals surface area contributed by atoms with E-state index in [0.717, 1.165) is 0 Å². The molecule has 0 bridgehead atoms. The van der Waals surface area contributed by atoms with Crippen molar-refractivity contribution in [3.8, 4) is 0 Å². The fraction of sp³-hybridized carbons (Fsp3) is 0. The van der Waals surface area contributed by atoms with Crippen LogP contribution in [-0.4, -0.2) is 0 Å². The minimum atomic E-state index is -0.380. The largest absolute Gasteiger partial charge is 0.286 e. The predicted octanol–water partition coefficient (Wildman–Crippen LogP) is -0.720. The molecular formula is C4H2O2Zn. The van der Waals surface area contributed by atoms with Gasteiger partial charge in [0.15, 0.2) is 0 Å². The second-order valence-electron chi connectivity index (χ2n) is 1.06. The Morgan fingerprint density at radius 2 is 1.29 bits per heavy atom. The second-order valence-corrected chi connectivity index (χ2v) is 1.06. The van der Waals surface area contributed by atoms with Crippen molar-refractivity contribution in [2.24, 2.45) is 0 Å². The van der Waals surface area contributed by atoms with Crippen molar-refractivity contribution in [3.05, 3.63) is 32.6 Å². The third-order valence-electron chi connectivity index (χ3n) is 0.629. The maximum atomic E-state index is 9.79. The predicted molar refractivity (Wildman–Crippen MR) is 21.4 cm³/mol. The van der Waals surface area contributed by atoms with Gasteiger partial charge in [0.05, 0.1) is 0 Å². The van der Waals surface area contributed by atoms with E-state index in [0.29, 0.717) is 0 Å². The third-order valence-corrected chi connectivity index (χ3v) is 0.629. The average Bonchev–Trinajstić information content (AvgIpc) is 1.61. The van der Waals surface area contributed by atoms with Gasteiger partial charge in [-0.2, -0.15) is 0 Å². The Morgan fingerprint density at radius 1 is 1.00 bits per heavy atom. The summed E-state index contributed by atoms with van der Waals surface area (Å²) in [5.74, 6) is 0. The number of rotatable bonds is 0. The van der Waals surface area contributed by atoms with Crippen LogP contribution >= 0.6 is 0 Å². The molecule has 0 unspecified atom stereocenters. The van der Waals surface area contributed by atoms with Crippen molar-refractivity contribution >= 4 is 0 Å². The molecule has 0 amide bonds. The minimum absolute atomic E-state index is 0. The van der Waals surface area contributed by atoms with E-state index in [9.17, 15) is 9.59 Å². The van der Waals surface area contributed by atoms with E-state index in [1.54, 1.807) is 0 Å². The fourth-order valence-corrected chi connectivity index (χ4v) is 0.219. The molecule has 1 aromatic rings. The van der Waals surface area contributed by atoms with Gasteiger partial charge in [0.25, 0.3) is 0 Å². The summed E-state index contributed by atoms with van der Waals surface area (Å²) in [4.78, 5) is 19.6. The molecule has 0 saturated carbocycles. The van der Waals surface area contributed by atoms with Crippen LogP contribution in [-0.2, 0) is 19.5 Å². The van der Waals surface area contributed by atoms with Crippen molar-refractivity contribution in [2.75, 3.05) is 0 Å². The molecule has 0 aliphatic rings. The summed E-state index contributed by atoms with van der Waals surface area (Å²) in [6.07, 6.45) is 0. The van der Waals surface area contributed by atoms with E-state index in [1.807, 2.05) is 0 Å². The number of hydrogen-bond acceptors (Lipinski definition) is 2. The molecule has 0 spiro atoms. The quantitative estimate of drug-likeness (QED) is 0.359. The summed E-state index contributed by atoms with van der Waals surface area (Å²) < 4.78 is 0. The Bertz CT molecular complexity index is 185. The standard InChI is InChI=1S/C4H2O2.Zn/c5-3-1-2-4(3)6;/h1-2H;. The molecule has 7 heavy (non-hydrogen) atoms. The normalized spacial score (nSPS) is 8.00. The molecule has 0 heterocycles. The van der Waals surface area contributed by atoms with Crippen molar-refractivity contribution < 1.29 is 19.5 Å². The van der Waals surface area contributed by atoms with Crippen LogP contribution in [0, 0.1) is 0 Å². The molecule has 0 saturated heterocycles. The van der Waals surface area contributed by atoms with Crippen molar-refractivity contribution in [1.29, 1.82) is 0 Å². The van der Waals surface area contributed by atoms with Crippen LogP contribution in [0.2, 0.25) is 0 Å². The van der Waals surface area contributed by atoms with Crippen molar-refractivity contribution in [1.82, 2.24) is 0 Å². The van der Waals surface area contributed by atoms with Crippen molar-refractivity contribution in [3.63, 3.8) is 0 Å². The zero-order chi connectivity index (χ0) is 4.57. The van der Waals surface area contributed by atoms with Crippen LogP contribution in [0.1, 0.15) is 0 Å². The summed E-state index contributed by atoms with van der Waals surface area (Å²) in [5.41, 5.74) is -0.759. The SMILES string of the molecule is O=c1ccc1=O.[Zn]. The molecule has 1 aromatic carbocycles. The molecule has 0 aliphatic heterocycles. The van der Waals surface area contributed by atoms with Crippen LogP contribution < -0.4 is 10.9 Å². The van der Waals surface area contributed by atoms with Gasteiger partial charge < -0.3 is 0 Å². The summed E-state index contributed by atoms with van der Waals surface area (Å²) in [7, 11) is 0. The van der Waals surface area contributed by atoms with Gasteiger partial charge in [-0.25, -0.2) is 0 Å². The summed E-state index contributed by atoms with van der Waals surface area (Å²) in [6, 6.07) is 2.50. The zero-order valence-electron chi connectivity index (χ0n) is 3.68. The Balaban J connectivity index is 0.000000360. The zero-order valence-corrected chi connectivity index (χ0v) is 6.65. The summed E-state index contributed by atoms with van der Waals surface area (Å²) in [6.45, 7) is 0. The molecule has 0 N–H and O–H groups in total.